The lowest BCUT2D eigenvalue weighted by Gasteiger charge is -2.13. The summed E-state index contributed by atoms with van der Waals surface area (Å²) in [7, 11) is 0. The number of hydrogen-bond acceptors (Lipinski definition) is 4. The first-order valence-corrected chi connectivity index (χ1v) is 10.6. The lowest BCUT2D eigenvalue weighted by Crippen LogP contribution is -2.30. The average Bonchev–Trinajstić information content (AvgIpc) is 2.82. The Balaban J connectivity index is 1.51. The molecule has 0 unspecified atom stereocenters. The number of ether oxygens (including phenoxy) is 1. The van der Waals surface area contributed by atoms with Gasteiger partial charge in [0.25, 0.3) is 5.91 Å². The van der Waals surface area contributed by atoms with Gasteiger partial charge in [0.15, 0.2) is 0 Å². The molecule has 0 aliphatic rings. The van der Waals surface area contributed by atoms with Crippen LogP contribution in [0.4, 0.5) is 0 Å². The highest BCUT2D eigenvalue weighted by atomic mass is 16.5. The second-order valence-corrected chi connectivity index (χ2v) is 7.78. The average molecular weight is 424 g/mol. The van der Waals surface area contributed by atoms with Gasteiger partial charge in [-0.3, -0.25) is 9.78 Å². The number of aromatic nitrogens is 2. The molecule has 0 radical (unpaired) electrons. The van der Waals surface area contributed by atoms with Crippen LogP contribution in [-0.2, 0) is 11.4 Å². The van der Waals surface area contributed by atoms with Crippen molar-refractivity contribution in [2.75, 3.05) is 0 Å². The van der Waals surface area contributed by atoms with Gasteiger partial charge in [0.05, 0.1) is 11.2 Å². The summed E-state index contributed by atoms with van der Waals surface area (Å²) in [5.41, 5.74) is 4.13. The molecule has 0 spiro atoms. The van der Waals surface area contributed by atoms with Gasteiger partial charge in [0, 0.05) is 29.4 Å². The van der Waals surface area contributed by atoms with Crippen LogP contribution >= 0.6 is 0 Å². The normalized spacial score (nSPS) is 11.5. The molecule has 5 nitrogen and oxygen atoms in total. The predicted molar refractivity (Wildman–Crippen MR) is 128 cm³/mol. The first-order valence-electron chi connectivity index (χ1n) is 10.6. The third-order valence-corrected chi connectivity index (χ3v) is 4.89. The van der Waals surface area contributed by atoms with E-state index in [4.69, 9.17) is 4.74 Å². The summed E-state index contributed by atoms with van der Waals surface area (Å²) >= 11 is 0. The quantitative estimate of drug-likeness (QED) is 0.411. The molecule has 2 aromatic heterocycles. The lowest BCUT2D eigenvalue weighted by molar-refractivity contribution is -0.116. The number of carbonyl (C=O) groups excluding carboxylic acids is 1. The number of rotatable bonds is 7. The number of benzene rings is 2. The molecule has 2 aromatic carbocycles. The van der Waals surface area contributed by atoms with Crippen LogP contribution in [0, 0.1) is 0 Å². The number of fused-ring (bicyclic) bond motifs is 1. The minimum atomic E-state index is -0.120. The van der Waals surface area contributed by atoms with Crippen molar-refractivity contribution < 1.29 is 9.53 Å². The molecule has 0 saturated carbocycles. The Labute approximate surface area is 187 Å². The Kier molecular flexibility index (Phi) is 6.56. The van der Waals surface area contributed by atoms with Gasteiger partial charge in [-0.25, -0.2) is 4.98 Å². The lowest BCUT2D eigenvalue weighted by atomic mass is 10.0. The van der Waals surface area contributed by atoms with E-state index in [9.17, 15) is 4.79 Å². The van der Waals surface area contributed by atoms with Crippen molar-refractivity contribution in [1.29, 1.82) is 0 Å². The van der Waals surface area contributed by atoms with Gasteiger partial charge in [-0.05, 0) is 67.4 Å². The van der Waals surface area contributed by atoms with Gasteiger partial charge in [-0.15, -0.1) is 0 Å². The van der Waals surface area contributed by atoms with E-state index >= 15 is 0 Å². The first-order chi connectivity index (χ1) is 15.6. The molecule has 160 valence electrons. The Morgan fingerprint density at radius 3 is 2.47 bits per heavy atom. The van der Waals surface area contributed by atoms with Gasteiger partial charge < -0.3 is 10.1 Å². The molecule has 4 aromatic rings. The molecule has 1 N–H and O–H groups in total. The fourth-order valence-electron chi connectivity index (χ4n) is 3.32. The number of hydrogen-bond donors (Lipinski definition) is 1. The second kappa shape index (κ2) is 9.88. The van der Waals surface area contributed by atoms with Crippen molar-refractivity contribution in [3.05, 3.63) is 102 Å². The van der Waals surface area contributed by atoms with Gasteiger partial charge in [-0.1, -0.05) is 36.4 Å². The van der Waals surface area contributed by atoms with Crippen molar-refractivity contribution in [3.8, 4) is 5.75 Å². The summed E-state index contributed by atoms with van der Waals surface area (Å²) in [5.74, 6) is 0.599. The van der Waals surface area contributed by atoms with E-state index in [1.54, 1.807) is 12.4 Å². The zero-order chi connectivity index (χ0) is 22.3. The molecule has 0 saturated heterocycles. The molecule has 0 bridgehead atoms. The van der Waals surface area contributed by atoms with Crippen molar-refractivity contribution >= 4 is 28.5 Å². The van der Waals surface area contributed by atoms with E-state index in [-0.39, 0.29) is 11.9 Å². The van der Waals surface area contributed by atoms with Crippen molar-refractivity contribution in [3.63, 3.8) is 0 Å². The molecule has 0 atom stereocenters. The summed E-state index contributed by atoms with van der Waals surface area (Å²) in [6.45, 7) is 4.26. The van der Waals surface area contributed by atoms with Crippen LogP contribution in [-0.4, -0.2) is 21.9 Å². The van der Waals surface area contributed by atoms with Crippen LogP contribution < -0.4 is 10.1 Å². The van der Waals surface area contributed by atoms with Gasteiger partial charge in [0.1, 0.15) is 12.4 Å². The summed E-state index contributed by atoms with van der Waals surface area (Å²) in [5, 5.41) is 4.08. The number of amides is 1. The van der Waals surface area contributed by atoms with E-state index in [0.29, 0.717) is 12.2 Å². The number of carbonyl (C=O) groups is 1. The summed E-state index contributed by atoms with van der Waals surface area (Å²) in [4.78, 5) is 21.5. The first kappa shape index (κ1) is 21.2. The zero-order valence-electron chi connectivity index (χ0n) is 18.2. The zero-order valence-corrected chi connectivity index (χ0v) is 18.2. The molecule has 0 aliphatic heterocycles. The van der Waals surface area contributed by atoms with Gasteiger partial charge in [0.2, 0.25) is 0 Å². The minimum Gasteiger partial charge on any atom is -0.487 e. The van der Waals surface area contributed by atoms with Crippen molar-refractivity contribution in [2.45, 2.75) is 26.5 Å². The number of pyridine rings is 2. The van der Waals surface area contributed by atoms with Crippen LogP contribution in [0.1, 0.15) is 30.7 Å². The molecule has 4 rings (SSSR count). The maximum absolute atomic E-state index is 12.8. The van der Waals surface area contributed by atoms with E-state index < -0.39 is 0 Å². The van der Waals surface area contributed by atoms with Crippen LogP contribution in [0.5, 0.6) is 5.75 Å². The monoisotopic (exact) mass is 423 g/mol. The molecule has 0 aliphatic carbocycles. The Morgan fingerprint density at radius 2 is 1.72 bits per heavy atom. The van der Waals surface area contributed by atoms with Crippen molar-refractivity contribution in [2.24, 2.45) is 0 Å². The SMILES string of the molecule is CC(C)NC(=O)C(=Cc1ccncc1)c1ccc(OCc2ccc3ccccc3n2)cc1. The largest absolute Gasteiger partial charge is 0.487 e. The highest BCUT2D eigenvalue weighted by molar-refractivity contribution is 6.24. The smallest absolute Gasteiger partial charge is 0.252 e. The van der Waals surface area contributed by atoms with Crippen LogP contribution in [0.15, 0.2) is 85.2 Å². The topological polar surface area (TPSA) is 64.1 Å². The van der Waals surface area contributed by atoms with E-state index in [2.05, 4.69) is 15.3 Å². The Morgan fingerprint density at radius 1 is 0.969 bits per heavy atom. The molecule has 32 heavy (non-hydrogen) atoms. The third kappa shape index (κ3) is 5.38. The standard InChI is InChI=1S/C27H25N3O2/c1-19(2)29-27(31)25(17-20-13-15-28-16-14-20)21-8-11-24(12-9-21)32-18-23-10-7-22-5-3-4-6-26(22)30-23/h3-17,19H,18H2,1-2H3,(H,29,31). The van der Waals surface area contributed by atoms with Crippen LogP contribution in [0.2, 0.25) is 0 Å². The highest BCUT2D eigenvalue weighted by Gasteiger charge is 2.13. The maximum Gasteiger partial charge on any atom is 0.252 e. The highest BCUT2D eigenvalue weighted by Crippen LogP contribution is 2.23. The third-order valence-electron chi connectivity index (χ3n) is 4.89. The Bertz CT molecular complexity index is 1230. The van der Waals surface area contributed by atoms with Crippen LogP contribution in [0.3, 0.4) is 0 Å². The van der Waals surface area contributed by atoms with E-state index in [1.165, 1.54) is 0 Å². The number of para-hydroxylation sites is 1. The molecule has 2 heterocycles. The minimum absolute atomic E-state index is 0.0420. The summed E-state index contributed by atoms with van der Waals surface area (Å²) < 4.78 is 5.93. The fourth-order valence-corrected chi connectivity index (χ4v) is 3.32. The molecular weight excluding hydrogens is 398 g/mol. The maximum atomic E-state index is 12.8. The predicted octanol–water partition coefficient (Wildman–Crippen LogP) is 5.27. The molecule has 1 amide bonds. The summed E-state index contributed by atoms with van der Waals surface area (Å²) in [6, 6.07) is 23.4. The van der Waals surface area contributed by atoms with Gasteiger partial charge in [-0.2, -0.15) is 0 Å². The summed E-state index contributed by atoms with van der Waals surface area (Å²) in [6.07, 6.45) is 5.29. The van der Waals surface area contributed by atoms with Crippen LogP contribution in [0.25, 0.3) is 22.6 Å². The fraction of sp³-hybridized carbons (Fsp3) is 0.148. The van der Waals surface area contributed by atoms with Crippen molar-refractivity contribution in [1.82, 2.24) is 15.3 Å². The van der Waals surface area contributed by atoms with E-state index in [1.807, 2.05) is 92.7 Å². The second-order valence-electron chi connectivity index (χ2n) is 7.78. The molecule has 5 heteroatoms. The van der Waals surface area contributed by atoms with E-state index in [0.717, 1.165) is 33.5 Å². The molecule has 0 fully saturated rings. The van der Waals surface area contributed by atoms with Gasteiger partial charge >= 0.3 is 0 Å². The number of nitrogens with one attached hydrogen (secondary N) is 1. The Hall–Kier alpha value is -3.99. The number of nitrogens with zero attached hydrogens (tertiary/aromatic N) is 2. The molecular formula is C27H25N3O2.